The van der Waals surface area contributed by atoms with Crippen molar-refractivity contribution >= 4 is 11.6 Å². The van der Waals surface area contributed by atoms with E-state index in [1.807, 2.05) is 72.8 Å². The second-order valence-electron chi connectivity index (χ2n) is 9.45. The Labute approximate surface area is 222 Å². The number of carbonyl (C=O) groups excluding carboxylic acids is 1. The number of hydrogen-bond donors (Lipinski definition) is 2. The summed E-state index contributed by atoms with van der Waals surface area (Å²) < 4.78 is 24.9. The maximum Gasteiger partial charge on any atom is 0.226 e. The summed E-state index contributed by atoms with van der Waals surface area (Å²) in [6.45, 7) is 0. The molecule has 2 N–H and O–H groups in total. The molecule has 5 nitrogen and oxygen atoms in total. The molecule has 1 aliphatic heterocycles. The number of benzene rings is 4. The molecule has 4 aromatic carbocycles. The summed E-state index contributed by atoms with van der Waals surface area (Å²) in [4.78, 5) is 14.1. The van der Waals surface area contributed by atoms with Crippen LogP contribution in [-0.2, 0) is 11.2 Å². The number of anilines is 1. The zero-order chi connectivity index (χ0) is 26.5. The van der Waals surface area contributed by atoms with Crippen molar-refractivity contribution in [3.63, 3.8) is 0 Å². The summed E-state index contributed by atoms with van der Waals surface area (Å²) in [6, 6.07) is 29.5. The van der Waals surface area contributed by atoms with E-state index in [0.717, 1.165) is 27.9 Å². The first-order chi connectivity index (χ1) is 18.6. The summed E-state index contributed by atoms with van der Waals surface area (Å²) in [6.07, 6.45) is 1.26. The van der Waals surface area contributed by atoms with E-state index < -0.39 is 5.92 Å². The minimum Gasteiger partial charge on any atom is -0.493 e. The smallest absolute Gasteiger partial charge is 0.226 e. The van der Waals surface area contributed by atoms with Crippen LogP contribution < -0.4 is 20.1 Å². The van der Waals surface area contributed by atoms with Gasteiger partial charge in [-0.1, -0.05) is 72.8 Å². The minimum absolute atomic E-state index is 0.0729. The topological polar surface area (TPSA) is 59.6 Å². The fourth-order valence-electron chi connectivity index (χ4n) is 5.18. The van der Waals surface area contributed by atoms with Crippen LogP contribution in [0, 0.1) is 11.7 Å². The Bertz CT molecular complexity index is 1340. The maximum absolute atomic E-state index is 14.1. The predicted molar refractivity (Wildman–Crippen MR) is 147 cm³/mol. The van der Waals surface area contributed by atoms with Gasteiger partial charge in [0.1, 0.15) is 5.82 Å². The first kappa shape index (κ1) is 25.3. The highest BCUT2D eigenvalue weighted by Gasteiger charge is 2.34. The Hall–Kier alpha value is -4.32. The van der Waals surface area contributed by atoms with Gasteiger partial charge in [0.2, 0.25) is 5.91 Å². The molecule has 2 unspecified atom stereocenters. The Morgan fingerprint density at radius 1 is 0.868 bits per heavy atom. The van der Waals surface area contributed by atoms with E-state index in [-0.39, 0.29) is 23.8 Å². The lowest BCUT2D eigenvalue weighted by Crippen LogP contribution is -2.38. The number of rotatable bonds is 7. The first-order valence-corrected chi connectivity index (χ1v) is 12.7. The number of methoxy groups -OCH3 is 2. The highest BCUT2D eigenvalue weighted by molar-refractivity contribution is 5.82. The van der Waals surface area contributed by atoms with Crippen LogP contribution in [0.3, 0.4) is 0 Å². The molecule has 4 aromatic rings. The zero-order valence-electron chi connectivity index (χ0n) is 21.5. The Morgan fingerprint density at radius 3 is 2.03 bits per heavy atom. The highest BCUT2D eigenvalue weighted by Crippen LogP contribution is 2.41. The number of hydrogen-bond acceptors (Lipinski definition) is 4. The summed E-state index contributed by atoms with van der Waals surface area (Å²) >= 11 is 0. The molecule has 1 amide bonds. The molecule has 0 saturated heterocycles. The molecule has 0 bridgehead atoms. The van der Waals surface area contributed by atoms with Gasteiger partial charge in [-0.05, 0) is 53.3 Å². The second-order valence-corrected chi connectivity index (χ2v) is 9.45. The van der Waals surface area contributed by atoms with Crippen LogP contribution in [0.1, 0.15) is 40.8 Å². The first-order valence-electron chi connectivity index (χ1n) is 12.7. The van der Waals surface area contributed by atoms with E-state index in [2.05, 4.69) is 10.6 Å². The Kier molecular flexibility index (Phi) is 7.59. The van der Waals surface area contributed by atoms with Gasteiger partial charge in [0.25, 0.3) is 0 Å². The molecule has 1 heterocycles. The normalized spacial score (nSPS) is 16.6. The predicted octanol–water partition coefficient (Wildman–Crippen LogP) is 6.46. The zero-order valence-corrected chi connectivity index (χ0v) is 21.5. The van der Waals surface area contributed by atoms with E-state index in [1.54, 1.807) is 26.4 Å². The quantitative estimate of drug-likeness (QED) is 0.299. The van der Waals surface area contributed by atoms with E-state index in [4.69, 9.17) is 9.47 Å². The second kappa shape index (κ2) is 11.4. The molecule has 0 radical (unpaired) electrons. The van der Waals surface area contributed by atoms with Crippen molar-refractivity contribution in [3.05, 3.63) is 125 Å². The molecule has 0 aliphatic carbocycles. The van der Waals surface area contributed by atoms with Crippen molar-refractivity contribution in [2.45, 2.75) is 24.9 Å². The van der Waals surface area contributed by atoms with Gasteiger partial charge >= 0.3 is 0 Å². The van der Waals surface area contributed by atoms with Gasteiger partial charge in [0, 0.05) is 11.8 Å². The van der Waals surface area contributed by atoms with Crippen LogP contribution in [0.25, 0.3) is 0 Å². The van der Waals surface area contributed by atoms with E-state index in [0.29, 0.717) is 24.3 Å². The van der Waals surface area contributed by atoms with Gasteiger partial charge in [0.05, 0.1) is 32.2 Å². The van der Waals surface area contributed by atoms with Crippen LogP contribution in [-0.4, -0.2) is 20.1 Å². The van der Waals surface area contributed by atoms with Crippen LogP contribution in [0.4, 0.5) is 10.1 Å². The molecule has 194 valence electrons. The molecule has 6 heteroatoms. The lowest BCUT2D eigenvalue weighted by atomic mass is 9.88. The number of halogens is 1. The van der Waals surface area contributed by atoms with Gasteiger partial charge in [-0.25, -0.2) is 4.39 Å². The molecule has 0 spiro atoms. The monoisotopic (exact) mass is 510 g/mol. The number of aryl methyl sites for hydroxylation is 1. The van der Waals surface area contributed by atoms with Crippen molar-refractivity contribution in [1.82, 2.24) is 5.32 Å². The van der Waals surface area contributed by atoms with Gasteiger partial charge in [-0.15, -0.1) is 0 Å². The highest BCUT2D eigenvalue weighted by atomic mass is 19.1. The number of ether oxygens (including phenoxy) is 2. The lowest BCUT2D eigenvalue weighted by Gasteiger charge is -2.29. The third-order valence-electron chi connectivity index (χ3n) is 7.17. The number of nitrogens with one attached hydrogen (secondary N) is 2. The summed E-state index contributed by atoms with van der Waals surface area (Å²) in [5.41, 5.74) is 4.75. The minimum atomic E-state index is -0.417. The van der Waals surface area contributed by atoms with Crippen LogP contribution in [0.5, 0.6) is 11.5 Å². The Balaban J connectivity index is 1.52. The molecular formula is C32H31FN2O3. The molecule has 5 rings (SSSR count). The number of carbonyl (C=O) groups is 1. The third-order valence-corrected chi connectivity index (χ3v) is 7.17. The number of amides is 1. The average Bonchev–Trinajstić information content (AvgIpc) is 3.15. The summed E-state index contributed by atoms with van der Waals surface area (Å²) in [5.74, 6) is 0.440. The van der Waals surface area contributed by atoms with E-state index in [1.165, 1.54) is 12.1 Å². The molecule has 0 saturated carbocycles. The molecular weight excluding hydrogens is 479 g/mol. The summed E-state index contributed by atoms with van der Waals surface area (Å²) in [5, 5.41) is 6.91. The van der Waals surface area contributed by atoms with Gasteiger partial charge in [0.15, 0.2) is 11.5 Å². The average molecular weight is 511 g/mol. The van der Waals surface area contributed by atoms with Crippen molar-refractivity contribution in [1.29, 1.82) is 0 Å². The van der Waals surface area contributed by atoms with E-state index in [9.17, 15) is 9.18 Å². The maximum atomic E-state index is 14.1. The molecule has 0 fully saturated rings. The fraction of sp³-hybridized carbons (Fsp3) is 0.219. The van der Waals surface area contributed by atoms with E-state index >= 15 is 0 Å². The van der Waals surface area contributed by atoms with Crippen molar-refractivity contribution in [3.8, 4) is 11.5 Å². The lowest BCUT2D eigenvalue weighted by molar-refractivity contribution is -0.126. The number of fused-ring (bicyclic) bond motifs is 1. The standard InChI is InChI=1S/C32H31FN2O3/c1-37-28-19-24-15-18-26(31(23-13-16-25(33)17-14-23)34-27(24)20-29(28)38-2)32(36)35-30(21-9-5-3-6-10-21)22-11-7-4-8-12-22/h3-14,16-17,19-20,26,30-31,34H,15,18H2,1-2H3,(H,35,36). The van der Waals surface area contributed by atoms with Crippen molar-refractivity contribution in [2.75, 3.05) is 19.5 Å². The van der Waals surface area contributed by atoms with Crippen molar-refractivity contribution < 1.29 is 18.7 Å². The fourth-order valence-corrected chi connectivity index (χ4v) is 5.18. The van der Waals surface area contributed by atoms with Gasteiger partial charge in [-0.3, -0.25) is 4.79 Å². The van der Waals surface area contributed by atoms with Gasteiger partial charge in [-0.2, -0.15) is 0 Å². The van der Waals surface area contributed by atoms with Crippen molar-refractivity contribution in [2.24, 2.45) is 5.92 Å². The molecule has 2 atom stereocenters. The molecule has 0 aromatic heterocycles. The third kappa shape index (κ3) is 5.35. The Morgan fingerprint density at radius 2 is 1.45 bits per heavy atom. The molecule has 38 heavy (non-hydrogen) atoms. The largest absolute Gasteiger partial charge is 0.493 e. The summed E-state index contributed by atoms with van der Waals surface area (Å²) in [7, 11) is 3.21. The van der Waals surface area contributed by atoms with Crippen LogP contribution in [0.15, 0.2) is 97.1 Å². The SMILES string of the molecule is COc1cc2c(cc1OC)NC(c1ccc(F)cc1)C(C(=O)NC(c1ccccc1)c1ccccc1)CC2. The van der Waals surface area contributed by atoms with Crippen LogP contribution >= 0.6 is 0 Å². The van der Waals surface area contributed by atoms with Gasteiger partial charge < -0.3 is 20.1 Å². The molecule has 1 aliphatic rings. The van der Waals surface area contributed by atoms with Crippen LogP contribution in [0.2, 0.25) is 0 Å².